The van der Waals surface area contributed by atoms with Gasteiger partial charge in [-0.25, -0.2) is 8.42 Å². The Labute approximate surface area is 119 Å². The van der Waals surface area contributed by atoms with Crippen molar-refractivity contribution < 1.29 is 8.42 Å². The van der Waals surface area contributed by atoms with E-state index >= 15 is 0 Å². The zero-order valence-corrected chi connectivity index (χ0v) is 14.2. The standard InChI is InChI=1S/C15H31NO2S/c1-12(2)19(17,18)8-7-16-13-9-14(3,4)11-15(5,6)10-13/h12-13,16H,7-11H2,1-6H3. The summed E-state index contributed by atoms with van der Waals surface area (Å²) in [6, 6.07) is 0.445. The Morgan fingerprint density at radius 2 is 1.58 bits per heavy atom. The van der Waals surface area contributed by atoms with E-state index in [1.165, 1.54) is 6.42 Å². The highest BCUT2D eigenvalue weighted by atomic mass is 32.2. The second-order valence-corrected chi connectivity index (χ2v) is 10.7. The summed E-state index contributed by atoms with van der Waals surface area (Å²) in [4.78, 5) is 0. The molecule has 0 heterocycles. The number of hydrogen-bond donors (Lipinski definition) is 1. The maximum Gasteiger partial charge on any atom is 0.153 e. The van der Waals surface area contributed by atoms with Gasteiger partial charge in [0, 0.05) is 12.6 Å². The first-order chi connectivity index (χ1) is 8.44. The summed E-state index contributed by atoms with van der Waals surface area (Å²) in [7, 11) is -2.92. The van der Waals surface area contributed by atoms with Gasteiger partial charge in [-0.1, -0.05) is 27.7 Å². The summed E-state index contributed by atoms with van der Waals surface area (Å²) in [5.74, 6) is 0.252. The number of rotatable bonds is 5. The average molecular weight is 289 g/mol. The summed E-state index contributed by atoms with van der Waals surface area (Å²) in [5, 5.41) is 3.19. The molecule has 0 aromatic rings. The minimum atomic E-state index is -2.92. The van der Waals surface area contributed by atoms with E-state index in [2.05, 4.69) is 33.0 Å². The average Bonchev–Trinajstić information content (AvgIpc) is 2.11. The van der Waals surface area contributed by atoms with Crippen LogP contribution in [0.15, 0.2) is 0 Å². The molecule has 0 bridgehead atoms. The first-order valence-electron chi connectivity index (χ1n) is 7.39. The minimum Gasteiger partial charge on any atom is -0.313 e. The van der Waals surface area contributed by atoms with Gasteiger partial charge in [-0.3, -0.25) is 0 Å². The molecular formula is C15H31NO2S. The molecule has 4 heteroatoms. The predicted octanol–water partition coefficient (Wildman–Crippen LogP) is 3.00. The SMILES string of the molecule is CC(C)S(=O)(=O)CCNC1CC(C)(C)CC(C)(C)C1. The molecule has 0 aromatic carbocycles. The lowest BCUT2D eigenvalue weighted by molar-refractivity contribution is 0.0860. The largest absolute Gasteiger partial charge is 0.313 e. The van der Waals surface area contributed by atoms with Gasteiger partial charge in [0.2, 0.25) is 0 Å². The molecule has 1 aliphatic carbocycles. The smallest absolute Gasteiger partial charge is 0.153 e. The summed E-state index contributed by atoms with van der Waals surface area (Å²) < 4.78 is 23.6. The van der Waals surface area contributed by atoms with Crippen molar-refractivity contribution in [1.29, 1.82) is 0 Å². The van der Waals surface area contributed by atoms with E-state index < -0.39 is 9.84 Å². The maximum atomic E-state index is 11.8. The van der Waals surface area contributed by atoms with Crippen LogP contribution in [0, 0.1) is 10.8 Å². The highest BCUT2D eigenvalue weighted by molar-refractivity contribution is 7.92. The molecule has 114 valence electrons. The van der Waals surface area contributed by atoms with Gasteiger partial charge in [0.05, 0.1) is 11.0 Å². The lowest BCUT2D eigenvalue weighted by Gasteiger charge is -2.45. The van der Waals surface area contributed by atoms with E-state index in [1.807, 2.05) is 0 Å². The quantitative estimate of drug-likeness (QED) is 0.846. The van der Waals surface area contributed by atoms with Gasteiger partial charge in [-0.15, -0.1) is 0 Å². The van der Waals surface area contributed by atoms with E-state index in [4.69, 9.17) is 0 Å². The van der Waals surface area contributed by atoms with Crippen LogP contribution in [0.25, 0.3) is 0 Å². The molecule has 3 nitrogen and oxygen atoms in total. The van der Waals surface area contributed by atoms with Crippen molar-refractivity contribution >= 4 is 9.84 Å². The van der Waals surface area contributed by atoms with E-state index in [0.29, 0.717) is 23.4 Å². The Balaban J connectivity index is 2.50. The minimum absolute atomic E-state index is 0.252. The molecule has 1 N–H and O–H groups in total. The van der Waals surface area contributed by atoms with Crippen LogP contribution >= 0.6 is 0 Å². The predicted molar refractivity (Wildman–Crippen MR) is 82.1 cm³/mol. The fourth-order valence-corrected chi connectivity index (χ4v) is 4.51. The Kier molecular flexibility index (Phi) is 5.11. The van der Waals surface area contributed by atoms with Crippen LogP contribution in [-0.2, 0) is 9.84 Å². The Morgan fingerprint density at radius 1 is 1.11 bits per heavy atom. The van der Waals surface area contributed by atoms with E-state index in [0.717, 1.165) is 12.8 Å². The monoisotopic (exact) mass is 289 g/mol. The molecule has 0 spiro atoms. The molecule has 0 unspecified atom stereocenters. The van der Waals surface area contributed by atoms with Gasteiger partial charge in [0.1, 0.15) is 0 Å². The summed E-state index contributed by atoms with van der Waals surface area (Å²) in [5.41, 5.74) is 0.687. The molecule has 0 saturated heterocycles. The van der Waals surface area contributed by atoms with Gasteiger partial charge < -0.3 is 5.32 Å². The van der Waals surface area contributed by atoms with Crippen LogP contribution in [0.4, 0.5) is 0 Å². The van der Waals surface area contributed by atoms with Crippen molar-refractivity contribution in [3.63, 3.8) is 0 Å². The molecule has 0 aromatic heterocycles. The number of sulfone groups is 1. The van der Waals surface area contributed by atoms with Crippen LogP contribution in [0.5, 0.6) is 0 Å². The first kappa shape index (κ1) is 17.0. The normalized spacial score (nSPS) is 23.7. The fraction of sp³-hybridized carbons (Fsp3) is 1.00. The van der Waals surface area contributed by atoms with Crippen LogP contribution in [0.2, 0.25) is 0 Å². The van der Waals surface area contributed by atoms with E-state index in [1.54, 1.807) is 13.8 Å². The Hall–Kier alpha value is -0.0900. The Morgan fingerprint density at radius 3 is 2.00 bits per heavy atom. The lowest BCUT2D eigenvalue weighted by Crippen LogP contribution is -2.45. The number of hydrogen-bond acceptors (Lipinski definition) is 3. The second kappa shape index (κ2) is 5.72. The van der Waals surface area contributed by atoms with Crippen molar-refractivity contribution in [2.75, 3.05) is 12.3 Å². The van der Waals surface area contributed by atoms with Gasteiger partial charge in [-0.05, 0) is 43.9 Å². The zero-order chi connectivity index (χ0) is 14.9. The fourth-order valence-electron chi connectivity index (χ4n) is 3.63. The van der Waals surface area contributed by atoms with Gasteiger partial charge in [0.15, 0.2) is 9.84 Å². The van der Waals surface area contributed by atoms with Crippen molar-refractivity contribution in [3.05, 3.63) is 0 Å². The van der Waals surface area contributed by atoms with Crippen LogP contribution in [-0.4, -0.2) is 32.0 Å². The topological polar surface area (TPSA) is 46.2 Å². The lowest BCUT2D eigenvalue weighted by atomic mass is 9.63. The molecule has 0 radical (unpaired) electrons. The summed E-state index contributed by atoms with van der Waals surface area (Å²) in [6.07, 6.45) is 3.51. The van der Waals surface area contributed by atoms with Crippen molar-refractivity contribution in [3.8, 4) is 0 Å². The molecule has 1 saturated carbocycles. The van der Waals surface area contributed by atoms with Crippen LogP contribution in [0.3, 0.4) is 0 Å². The highest BCUT2D eigenvalue weighted by Gasteiger charge is 2.38. The molecule has 0 aliphatic heterocycles. The van der Waals surface area contributed by atoms with Crippen LogP contribution in [0.1, 0.15) is 60.8 Å². The molecule has 1 aliphatic rings. The molecule has 0 atom stereocenters. The first-order valence-corrected chi connectivity index (χ1v) is 9.10. The second-order valence-electron chi connectivity index (χ2n) is 7.98. The number of nitrogens with one attached hydrogen (secondary N) is 1. The van der Waals surface area contributed by atoms with Gasteiger partial charge in [0.25, 0.3) is 0 Å². The zero-order valence-electron chi connectivity index (χ0n) is 13.4. The molecule has 0 amide bonds. The van der Waals surface area contributed by atoms with Crippen LogP contribution < -0.4 is 5.32 Å². The molecule has 1 fully saturated rings. The van der Waals surface area contributed by atoms with E-state index in [-0.39, 0.29) is 11.0 Å². The van der Waals surface area contributed by atoms with Crippen molar-refractivity contribution in [1.82, 2.24) is 5.32 Å². The summed E-state index contributed by atoms with van der Waals surface area (Å²) >= 11 is 0. The third kappa shape index (κ3) is 5.42. The maximum absolute atomic E-state index is 11.8. The third-order valence-electron chi connectivity index (χ3n) is 4.09. The highest BCUT2D eigenvalue weighted by Crippen LogP contribution is 2.45. The Bertz CT molecular complexity index is 380. The molecule has 19 heavy (non-hydrogen) atoms. The van der Waals surface area contributed by atoms with E-state index in [9.17, 15) is 8.42 Å². The third-order valence-corrected chi connectivity index (χ3v) is 6.30. The van der Waals surface area contributed by atoms with Crippen molar-refractivity contribution in [2.24, 2.45) is 10.8 Å². The van der Waals surface area contributed by atoms with Gasteiger partial charge in [-0.2, -0.15) is 0 Å². The molecular weight excluding hydrogens is 258 g/mol. The summed E-state index contributed by atoms with van der Waals surface area (Å²) in [6.45, 7) is 13.3. The molecule has 1 rings (SSSR count). The van der Waals surface area contributed by atoms with Gasteiger partial charge >= 0.3 is 0 Å². The van der Waals surface area contributed by atoms with Crippen molar-refractivity contribution in [2.45, 2.75) is 72.1 Å².